The monoisotopic (exact) mass is 248 g/mol. The Labute approximate surface area is 106 Å². The zero-order valence-corrected chi connectivity index (χ0v) is 10.1. The molecule has 0 heterocycles. The molecule has 0 saturated carbocycles. The molecular formula is C14H16O4. The fourth-order valence-corrected chi connectivity index (χ4v) is 1.50. The fraction of sp³-hybridized carbons (Fsp3) is 0.214. The van der Waals surface area contributed by atoms with Crippen LogP contribution < -0.4 is 0 Å². The molecule has 0 radical (unpaired) electrons. The SMILES string of the molecule is CCC/C=C/C=C\c1cc(O)cc(O)c1C(=O)O. The second kappa shape index (κ2) is 6.49. The molecule has 0 amide bonds. The average Bonchev–Trinajstić information content (AvgIpc) is 2.27. The largest absolute Gasteiger partial charge is 0.508 e. The summed E-state index contributed by atoms with van der Waals surface area (Å²) in [5.74, 6) is -1.85. The maximum absolute atomic E-state index is 11.0. The molecule has 0 fully saturated rings. The predicted octanol–water partition coefficient (Wildman–Crippen LogP) is 3.17. The summed E-state index contributed by atoms with van der Waals surface area (Å²) < 4.78 is 0. The molecule has 4 nitrogen and oxygen atoms in total. The van der Waals surface area contributed by atoms with E-state index in [9.17, 15) is 15.0 Å². The molecule has 1 aromatic rings. The molecule has 18 heavy (non-hydrogen) atoms. The van der Waals surface area contributed by atoms with Gasteiger partial charge in [0.2, 0.25) is 0 Å². The fourth-order valence-electron chi connectivity index (χ4n) is 1.50. The molecule has 0 saturated heterocycles. The van der Waals surface area contributed by atoms with Crippen molar-refractivity contribution in [2.45, 2.75) is 19.8 Å². The van der Waals surface area contributed by atoms with Crippen LogP contribution >= 0.6 is 0 Å². The van der Waals surface area contributed by atoms with E-state index < -0.39 is 11.7 Å². The van der Waals surface area contributed by atoms with E-state index in [1.165, 1.54) is 12.1 Å². The van der Waals surface area contributed by atoms with Crippen molar-refractivity contribution >= 4 is 12.0 Å². The molecule has 1 aromatic carbocycles. The van der Waals surface area contributed by atoms with Gasteiger partial charge in [-0.15, -0.1) is 0 Å². The van der Waals surface area contributed by atoms with Crippen LogP contribution in [0.4, 0.5) is 0 Å². The van der Waals surface area contributed by atoms with Crippen LogP contribution in [0.2, 0.25) is 0 Å². The number of aromatic carboxylic acids is 1. The maximum Gasteiger partial charge on any atom is 0.340 e. The van der Waals surface area contributed by atoms with Crippen molar-refractivity contribution in [2.24, 2.45) is 0 Å². The quantitative estimate of drug-likeness (QED) is 0.699. The highest BCUT2D eigenvalue weighted by atomic mass is 16.4. The highest BCUT2D eigenvalue weighted by Gasteiger charge is 2.14. The third kappa shape index (κ3) is 3.66. The van der Waals surface area contributed by atoms with Crippen molar-refractivity contribution in [3.05, 3.63) is 41.5 Å². The van der Waals surface area contributed by atoms with Crippen molar-refractivity contribution in [1.29, 1.82) is 0 Å². The zero-order valence-electron chi connectivity index (χ0n) is 10.1. The third-order valence-electron chi connectivity index (χ3n) is 2.32. The van der Waals surface area contributed by atoms with E-state index in [0.29, 0.717) is 0 Å². The van der Waals surface area contributed by atoms with Gasteiger partial charge < -0.3 is 15.3 Å². The van der Waals surface area contributed by atoms with Crippen LogP contribution in [-0.4, -0.2) is 21.3 Å². The molecule has 4 heteroatoms. The normalized spacial score (nSPS) is 11.4. The van der Waals surface area contributed by atoms with Gasteiger partial charge in [0.15, 0.2) is 0 Å². The summed E-state index contributed by atoms with van der Waals surface area (Å²) in [7, 11) is 0. The van der Waals surface area contributed by atoms with Gasteiger partial charge in [-0.2, -0.15) is 0 Å². The van der Waals surface area contributed by atoms with E-state index in [1.807, 2.05) is 6.08 Å². The summed E-state index contributed by atoms with van der Waals surface area (Å²) in [6.45, 7) is 2.06. The molecule has 0 aliphatic carbocycles. The predicted molar refractivity (Wildman–Crippen MR) is 69.8 cm³/mol. The lowest BCUT2D eigenvalue weighted by atomic mass is 10.1. The summed E-state index contributed by atoms with van der Waals surface area (Å²) >= 11 is 0. The first-order valence-electron chi connectivity index (χ1n) is 5.68. The van der Waals surface area contributed by atoms with Crippen molar-refractivity contribution in [3.63, 3.8) is 0 Å². The summed E-state index contributed by atoms with van der Waals surface area (Å²) in [6.07, 6.45) is 8.96. The Morgan fingerprint density at radius 1 is 1.28 bits per heavy atom. The standard InChI is InChI=1S/C14H16O4/c1-2-3-4-5-6-7-10-8-11(15)9-12(16)13(10)14(17)18/h4-9,15-16H,2-3H2,1H3,(H,17,18)/b5-4+,7-6-. The van der Waals surface area contributed by atoms with E-state index >= 15 is 0 Å². The molecule has 0 spiro atoms. The Morgan fingerprint density at radius 3 is 2.61 bits per heavy atom. The summed E-state index contributed by atoms with van der Waals surface area (Å²) in [4.78, 5) is 11.0. The second-order valence-electron chi connectivity index (χ2n) is 3.81. The number of carboxylic acids is 1. The number of rotatable bonds is 5. The first-order chi connectivity index (χ1) is 8.56. The van der Waals surface area contributed by atoms with Crippen molar-refractivity contribution in [2.75, 3.05) is 0 Å². The number of phenolic OH excluding ortho intramolecular Hbond substituents is 1. The van der Waals surface area contributed by atoms with Crippen molar-refractivity contribution < 1.29 is 20.1 Å². The van der Waals surface area contributed by atoms with Crippen LogP contribution in [0.1, 0.15) is 35.7 Å². The third-order valence-corrected chi connectivity index (χ3v) is 2.32. The van der Waals surface area contributed by atoms with Crippen molar-refractivity contribution in [3.8, 4) is 11.5 Å². The lowest BCUT2D eigenvalue weighted by molar-refractivity contribution is 0.0693. The smallest absolute Gasteiger partial charge is 0.340 e. The van der Waals surface area contributed by atoms with Crippen LogP contribution in [-0.2, 0) is 0 Å². The van der Waals surface area contributed by atoms with Gasteiger partial charge in [-0.1, -0.05) is 37.6 Å². The van der Waals surface area contributed by atoms with Gasteiger partial charge in [0, 0.05) is 6.07 Å². The molecule has 0 aromatic heterocycles. The highest BCUT2D eigenvalue weighted by molar-refractivity contribution is 5.95. The van der Waals surface area contributed by atoms with Crippen LogP contribution in [0.15, 0.2) is 30.4 Å². The van der Waals surface area contributed by atoms with Gasteiger partial charge in [-0.25, -0.2) is 4.79 Å². The van der Waals surface area contributed by atoms with Gasteiger partial charge in [0.25, 0.3) is 0 Å². The minimum absolute atomic E-state index is 0.172. The molecule has 0 aliphatic rings. The van der Waals surface area contributed by atoms with E-state index in [2.05, 4.69) is 6.92 Å². The Bertz CT molecular complexity index is 487. The van der Waals surface area contributed by atoms with E-state index in [1.54, 1.807) is 12.2 Å². The maximum atomic E-state index is 11.0. The number of benzene rings is 1. The molecular weight excluding hydrogens is 232 g/mol. The Balaban J connectivity index is 3.03. The summed E-state index contributed by atoms with van der Waals surface area (Å²) in [6, 6.07) is 2.31. The van der Waals surface area contributed by atoms with Gasteiger partial charge in [0.1, 0.15) is 17.1 Å². The van der Waals surface area contributed by atoms with E-state index in [0.717, 1.165) is 18.9 Å². The number of carboxylic acid groups (broad SMARTS) is 1. The first kappa shape index (κ1) is 13.8. The van der Waals surface area contributed by atoms with Crippen LogP contribution in [0, 0.1) is 0 Å². The van der Waals surface area contributed by atoms with E-state index in [-0.39, 0.29) is 16.9 Å². The number of hydrogen-bond donors (Lipinski definition) is 3. The molecule has 0 bridgehead atoms. The number of carbonyl (C=O) groups is 1. The first-order valence-corrected chi connectivity index (χ1v) is 5.68. The minimum atomic E-state index is -1.23. The summed E-state index contributed by atoms with van der Waals surface area (Å²) in [5.41, 5.74) is 0.0501. The lowest BCUT2D eigenvalue weighted by Gasteiger charge is -2.04. The van der Waals surface area contributed by atoms with Gasteiger partial charge in [-0.05, 0) is 18.1 Å². The van der Waals surface area contributed by atoms with Crippen LogP contribution in [0.25, 0.3) is 6.08 Å². The highest BCUT2D eigenvalue weighted by Crippen LogP contribution is 2.28. The van der Waals surface area contributed by atoms with Gasteiger partial charge in [0.05, 0.1) is 0 Å². The molecule has 3 N–H and O–H groups in total. The molecule has 96 valence electrons. The number of hydrogen-bond acceptors (Lipinski definition) is 3. The van der Waals surface area contributed by atoms with E-state index in [4.69, 9.17) is 5.11 Å². The average molecular weight is 248 g/mol. The van der Waals surface area contributed by atoms with Crippen LogP contribution in [0.5, 0.6) is 11.5 Å². The molecule has 0 aliphatic heterocycles. The van der Waals surface area contributed by atoms with Crippen molar-refractivity contribution in [1.82, 2.24) is 0 Å². The Hall–Kier alpha value is -2.23. The Kier molecular flexibility index (Phi) is 4.99. The van der Waals surface area contributed by atoms with Gasteiger partial charge in [-0.3, -0.25) is 0 Å². The number of allylic oxidation sites excluding steroid dienone is 3. The Morgan fingerprint density at radius 2 is 2.00 bits per heavy atom. The number of phenols is 2. The minimum Gasteiger partial charge on any atom is -0.508 e. The topological polar surface area (TPSA) is 77.8 Å². The summed E-state index contributed by atoms with van der Waals surface area (Å²) in [5, 5.41) is 27.8. The molecule has 0 atom stereocenters. The molecule has 1 rings (SSSR count). The number of aromatic hydroxyl groups is 2. The van der Waals surface area contributed by atoms with Crippen LogP contribution in [0.3, 0.4) is 0 Å². The zero-order chi connectivity index (χ0) is 13.5. The number of unbranched alkanes of at least 4 members (excludes halogenated alkanes) is 1. The molecule has 0 unspecified atom stereocenters. The lowest BCUT2D eigenvalue weighted by Crippen LogP contribution is -1.99. The second-order valence-corrected chi connectivity index (χ2v) is 3.81. The van der Waals surface area contributed by atoms with Gasteiger partial charge >= 0.3 is 5.97 Å².